The maximum absolute atomic E-state index is 5.70. The van der Waals surface area contributed by atoms with Crippen LogP contribution in [0.5, 0.6) is 5.75 Å². The molecule has 0 spiro atoms. The molecule has 0 amide bonds. The molecule has 2 aromatic rings. The first-order chi connectivity index (χ1) is 14.8. The van der Waals surface area contributed by atoms with Gasteiger partial charge in [-0.3, -0.25) is 0 Å². The van der Waals surface area contributed by atoms with Gasteiger partial charge >= 0.3 is 0 Å². The van der Waals surface area contributed by atoms with Gasteiger partial charge in [-0.15, -0.1) is 0 Å². The van der Waals surface area contributed by atoms with E-state index in [0.717, 1.165) is 29.4 Å². The second kappa shape index (κ2) is 10.5. The van der Waals surface area contributed by atoms with Crippen LogP contribution >= 0.6 is 0 Å². The largest absolute Gasteiger partial charge is 0.490 e. The Balaban J connectivity index is 1.34. The Hall–Kier alpha value is -1.76. The van der Waals surface area contributed by atoms with Crippen molar-refractivity contribution in [2.75, 3.05) is 6.61 Å². The monoisotopic (exact) mass is 404 g/mol. The van der Waals surface area contributed by atoms with Crippen molar-refractivity contribution in [1.82, 2.24) is 0 Å². The van der Waals surface area contributed by atoms with E-state index in [1.807, 2.05) is 0 Å². The predicted molar refractivity (Wildman–Crippen MR) is 129 cm³/mol. The first-order valence-electron chi connectivity index (χ1n) is 12.5. The number of ether oxygens (including phenoxy) is 1. The van der Waals surface area contributed by atoms with E-state index in [4.69, 9.17) is 4.74 Å². The summed E-state index contributed by atoms with van der Waals surface area (Å²) in [5, 5.41) is 2.62. The molecule has 0 bridgehead atoms. The highest BCUT2D eigenvalue weighted by atomic mass is 16.5. The van der Waals surface area contributed by atoms with Gasteiger partial charge in [-0.1, -0.05) is 82.4 Å². The summed E-state index contributed by atoms with van der Waals surface area (Å²) < 4.78 is 5.70. The molecule has 1 heteroatoms. The van der Waals surface area contributed by atoms with Crippen LogP contribution in [0, 0.1) is 17.8 Å². The van der Waals surface area contributed by atoms with Crippen LogP contribution < -0.4 is 4.74 Å². The molecular formula is C29H40O. The molecule has 0 N–H and O–H groups in total. The molecule has 0 heterocycles. The maximum Gasteiger partial charge on any atom is 0.120 e. The van der Waals surface area contributed by atoms with Gasteiger partial charge in [0, 0.05) is 0 Å². The minimum Gasteiger partial charge on any atom is -0.490 e. The van der Waals surface area contributed by atoms with Gasteiger partial charge in [0.25, 0.3) is 0 Å². The van der Waals surface area contributed by atoms with E-state index in [-0.39, 0.29) is 0 Å². The van der Waals surface area contributed by atoms with Crippen LogP contribution in [0.4, 0.5) is 0 Å². The molecule has 2 aliphatic carbocycles. The fourth-order valence-electron chi connectivity index (χ4n) is 6.15. The third-order valence-electron chi connectivity index (χ3n) is 7.86. The van der Waals surface area contributed by atoms with Gasteiger partial charge in [0.2, 0.25) is 0 Å². The Labute approximate surface area is 183 Å². The van der Waals surface area contributed by atoms with E-state index < -0.39 is 0 Å². The quantitative estimate of drug-likeness (QED) is 0.300. The van der Waals surface area contributed by atoms with Crippen LogP contribution in [0.15, 0.2) is 49.1 Å². The Morgan fingerprint density at radius 3 is 2.57 bits per heavy atom. The van der Waals surface area contributed by atoms with Crippen LogP contribution in [-0.2, 0) is 0 Å². The summed E-state index contributed by atoms with van der Waals surface area (Å²) in [7, 11) is 0. The zero-order valence-corrected chi connectivity index (χ0v) is 19.0. The number of fused-ring (bicyclic) bond motifs is 2. The van der Waals surface area contributed by atoms with Gasteiger partial charge in [0.15, 0.2) is 0 Å². The van der Waals surface area contributed by atoms with Gasteiger partial charge < -0.3 is 4.74 Å². The molecule has 2 saturated carbocycles. The summed E-state index contributed by atoms with van der Waals surface area (Å²) in [6.45, 7) is 6.61. The minimum atomic E-state index is 0.563. The van der Waals surface area contributed by atoms with E-state index in [2.05, 4.69) is 49.9 Å². The molecule has 1 nitrogen and oxygen atoms in total. The average molecular weight is 405 g/mol. The zero-order valence-electron chi connectivity index (χ0n) is 19.0. The van der Waals surface area contributed by atoms with Crippen LogP contribution in [-0.4, -0.2) is 6.61 Å². The minimum absolute atomic E-state index is 0.563. The van der Waals surface area contributed by atoms with Gasteiger partial charge in [0.1, 0.15) is 12.4 Å². The highest BCUT2D eigenvalue weighted by Crippen LogP contribution is 2.48. The summed E-state index contributed by atoms with van der Waals surface area (Å²) in [4.78, 5) is 0. The number of hydrogen-bond donors (Lipinski definition) is 0. The lowest BCUT2D eigenvalue weighted by Gasteiger charge is -2.42. The molecule has 4 rings (SSSR count). The van der Waals surface area contributed by atoms with Crippen LogP contribution in [0.1, 0.15) is 89.0 Å². The highest BCUT2D eigenvalue weighted by Gasteiger charge is 2.35. The molecule has 162 valence electrons. The summed E-state index contributed by atoms with van der Waals surface area (Å²) in [5.41, 5.74) is 1.56. The molecule has 2 aliphatic rings. The summed E-state index contributed by atoms with van der Waals surface area (Å²) in [6.07, 6.45) is 17.7. The van der Waals surface area contributed by atoms with Crippen LogP contribution in [0.2, 0.25) is 0 Å². The fourth-order valence-corrected chi connectivity index (χ4v) is 6.15. The molecule has 0 aliphatic heterocycles. The molecule has 30 heavy (non-hydrogen) atoms. The van der Waals surface area contributed by atoms with E-state index in [9.17, 15) is 0 Å². The van der Waals surface area contributed by atoms with Gasteiger partial charge in [-0.25, -0.2) is 0 Å². The molecule has 0 saturated heterocycles. The summed E-state index contributed by atoms with van der Waals surface area (Å²) in [5.74, 6) is 4.70. The fraction of sp³-hybridized carbons (Fsp3) is 0.586. The first kappa shape index (κ1) is 21.5. The maximum atomic E-state index is 5.70. The van der Waals surface area contributed by atoms with Crippen molar-refractivity contribution in [2.24, 2.45) is 17.8 Å². The zero-order chi connectivity index (χ0) is 20.8. The molecule has 2 fully saturated rings. The van der Waals surface area contributed by atoms with Crippen molar-refractivity contribution in [2.45, 2.75) is 83.5 Å². The lowest BCUT2D eigenvalue weighted by molar-refractivity contribution is 0.113. The van der Waals surface area contributed by atoms with E-state index in [1.54, 1.807) is 11.6 Å². The second-order valence-corrected chi connectivity index (χ2v) is 9.93. The lowest BCUT2D eigenvalue weighted by atomic mass is 9.63. The normalized spacial score (nSPS) is 26.3. The first-order valence-corrected chi connectivity index (χ1v) is 12.5. The smallest absolute Gasteiger partial charge is 0.120 e. The van der Waals surface area contributed by atoms with Crippen molar-refractivity contribution in [3.8, 4) is 5.75 Å². The van der Waals surface area contributed by atoms with Crippen LogP contribution in [0.25, 0.3) is 10.8 Å². The predicted octanol–water partition coefficient (Wildman–Crippen LogP) is 8.68. The van der Waals surface area contributed by atoms with Crippen molar-refractivity contribution >= 4 is 10.8 Å². The number of rotatable bonds is 9. The molecule has 2 aromatic carbocycles. The highest BCUT2D eigenvalue weighted by molar-refractivity contribution is 5.84. The molecule has 2 unspecified atom stereocenters. The number of benzene rings is 2. The lowest BCUT2D eigenvalue weighted by Crippen LogP contribution is -2.30. The molecule has 0 aromatic heterocycles. The third-order valence-corrected chi connectivity index (χ3v) is 7.86. The number of unbranched alkanes of at least 4 members (excludes halogenated alkanes) is 3. The summed E-state index contributed by atoms with van der Waals surface area (Å²) >= 11 is 0. The second-order valence-electron chi connectivity index (χ2n) is 9.93. The van der Waals surface area contributed by atoms with Crippen molar-refractivity contribution in [3.05, 3.63) is 54.6 Å². The average Bonchev–Trinajstić information content (AvgIpc) is 2.79. The number of hydrogen-bond acceptors (Lipinski definition) is 1. The topological polar surface area (TPSA) is 9.23 Å². The van der Waals surface area contributed by atoms with Crippen molar-refractivity contribution < 1.29 is 4.74 Å². The molecule has 0 radical (unpaired) electrons. The standard InChI is InChI=1S/C29H40O/c1-3-5-6-7-8-22-9-10-24-19-25(12-11-23(24)18-22)26-13-14-28-21-29(30-17-4-2)16-15-27(28)20-26/h4,13-16,20-25H,2-3,5-12,17-19H2,1H3/t22?,23-,24?,25-/m1/s1. The van der Waals surface area contributed by atoms with Crippen molar-refractivity contribution in [1.29, 1.82) is 0 Å². The Morgan fingerprint density at radius 1 is 0.900 bits per heavy atom. The SMILES string of the molecule is C=CCOc1ccc2cc([C@@H]3CC[C@@H]4CC(CCCCCC)CCC4C3)ccc2c1. The molecular weight excluding hydrogens is 364 g/mol. The molecule has 4 atom stereocenters. The summed E-state index contributed by atoms with van der Waals surface area (Å²) in [6, 6.07) is 13.6. The van der Waals surface area contributed by atoms with E-state index in [1.165, 1.54) is 81.4 Å². The van der Waals surface area contributed by atoms with Gasteiger partial charge in [0.05, 0.1) is 0 Å². The van der Waals surface area contributed by atoms with E-state index in [0.29, 0.717) is 6.61 Å². The van der Waals surface area contributed by atoms with E-state index >= 15 is 0 Å². The van der Waals surface area contributed by atoms with Crippen LogP contribution in [0.3, 0.4) is 0 Å². The van der Waals surface area contributed by atoms with Crippen molar-refractivity contribution in [3.63, 3.8) is 0 Å². The van der Waals surface area contributed by atoms with Gasteiger partial charge in [-0.05, 0) is 84.2 Å². The Bertz CT molecular complexity index is 822. The third kappa shape index (κ3) is 5.29. The Kier molecular flexibility index (Phi) is 7.52. The van der Waals surface area contributed by atoms with Gasteiger partial charge in [-0.2, -0.15) is 0 Å². The Morgan fingerprint density at radius 2 is 1.70 bits per heavy atom.